The lowest BCUT2D eigenvalue weighted by atomic mass is 9.33. The van der Waals surface area contributed by atoms with E-state index in [1.165, 1.54) is 12.5 Å². The molecule has 0 aromatic carbocycles. The third-order valence-electron chi connectivity index (χ3n) is 24.8. The van der Waals surface area contributed by atoms with Gasteiger partial charge in [-0.3, -0.25) is 4.79 Å². The molecular weight excluding hydrogens is 1250 g/mol. The molecule has 0 aromatic heterocycles. The number of fused-ring (bicyclic) bond motifs is 7. The molecule has 11 aliphatic rings. The number of carbonyl (C=O) groups is 1. The number of aliphatic hydroxyl groups is 17. The van der Waals surface area contributed by atoms with Gasteiger partial charge in [0.1, 0.15) is 128 Å². The van der Waals surface area contributed by atoms with Gasteiger partial charge >= 0.3 is 5.97 Å². The number of hydrogen-bond donors (Lipinski definition) is 17. The molecule has 540 valence electrons. The molecule has 6 aliphatic heterocycles. The zero-order chi connectivity index (χ0) is 68.4. The Labute approximate surface area is 545 Å². The highest BCUT2D eigenvalue weighted by atomic mass is 16.8. The van der Waals surface area contributed by atoms with Crippen LogP contribution < -0.4 is 0 Å². The van der Waals surface area contributed by atoms with Crippen LogP contribution in [0.15, 0.2) is 11.6 Å². The van der Waals surface area contributed by atoms with E-state index >= 15 is 4.79 Å². The van der Waals surface area contributed by atoms with Crippen molar-refractivity contribution in [2.75, 3.05) is 33.0 Å². The number of hydrogen-bond acceptors (Lipinski definition) is 30. The third-order valence-corrected chi connectivity index (χ3v) is 24.8. The Morgan fingerprint density at radius 2 is 1.09 bits per heavy atom. The van der Waals surface area contributed by atoms with Gasteiger partial charge in [0.05, 0.1) is 50.7 Å². The highest BCUT2D eigenvalue weighted by molar-refractivity contribution is 5.79. The van der Waals surface area contributed by atoms with Gasteiger partial charge in [-0.1, -0.05) is 60.1 Å². The van der Waals surface area contributed by atoms with E-state index in [0.717, 1.165) is 25.7 Å². The van der Waals surface area contributed by atoms with E-state index in [-0.39, 0.29) is 46.0 Å². The lowest BCUT2D eigenvalue weighted by Crippen LogP contribution is -2.67. The Bertz CT molecular complexity index is 2640. The van der Waals surface area contributed by atoms with Gasteiger partial charge in [0.2, 0.25) is 6.29 Å². The molecule has 0 unspecified atom stereocenters. The summed E-state index contributed by atoms with van der Waals surface area (Å²) in [5.41, 5.74) is -1.40. The summed E-state index contributed by atoms with van der Waals surface area (Å²) < 4.78 is 70.5. The summed E-state index contributed by atoms with van der Waals surface area (Å²) in [5, 5.41) is 184. The van der Waals surface area contributed by atoms with Crippen LogP contribution in [0.25, 0.3) is 0 Å². The average molecular weight is 1350 g/mol. The first-order chi connectivity index (χ1) is 44.1. The Hall–Kier alpha value is -1.91. The standard InChI is InChI=1S/C64H104O30/c1-25-36(68)51(93-54-45(77)40(72)32(24-85-54)89-52-44(76)37(69)28(67)22-83-52)49(81)57(86-25)92-50-30(21-66)88-55(48(80)43(50)75)91-35-12-13-61(6)33(60(35,4)5)11-14-63(8)34(61)10-9-26-27-19-59(2,3)15-17-64(27,18-16-62(26,63)7)58(82)94-56-47(79)42(74)39(71)31(90-56)23-84-53-46(78)41(73)38(70)29(20-65)87-53/h9,25,27-57,65-81H,10-24H2,1-8H3/t25-,27+,28+,29+,30+,31+,32+,33-,34+,35-,36-,37-,38+,39+,40-,41-,42-,43+,44+,45+,46+,47+,48+,49+,50+,51+,52-,53+,54-,55-,56-,57-,61-,62+,63+,64-/m0/s1. The molecule has 4 saturated carbocycles. The zero-order valence-corrected chi connectivity index (χ0v) is 54.6. The van der Waals surface area contributed by atoms with E-state index in [1.807, 2.05) is 0 Å². The van der Waals surface area contributed by atoms with Crippen molar-refractivity contribution in [1.29, 1.82) is 0 Å². The van der Waals surface area contributed by atoms with Crippen LogP contribution >= 0.6 is 0 Å². The molecule has 30 heteroatoms. The predicted octanol–water partition coefficient (Wildman–Crippen LogP) is -4.08. The lowest BCUT2D eigenvalue weighted by molar-refractivity contribution is -0.381. The zero-order valence-electron chi connectivity index (χ0n) is 54.6. The molecule has 0 bridgehead atoms. The number of carbonyl (C=O) groups excluding carboxylic acids is 1. The van der Waals surface area contributed by atoms with Crippen LogP contribution in [0, 0.1) is 50.2 Å². The smallest absolute Gasteiger partial charge is 0.315 e. The summed E-state index contributed by atoms with van der Waals surface area (Å²) >= 11 is 0. The molecule has 6 heterocycles. The van der Waals surface area contributed by atoms with Gasteiger partial charge < -0.3 is 144 Å². The summed E-state index contributed by atoms with van der Waals surface area (Å²) in [5.74, 6) is -0.594. The van der Waals surface area contributed by atoms with Crippen molar-refractivity contribution >= 4 is 5.97 Å². The van der Waals surface area contributed by atoms with Gasteiger partial charge in [-0.25, -0.2) is 0 Å². The molecule has 0 radical (unpaired) electrons. The van der Waals surface area contributed by atoms with E-state index in [4.69, 9.17) is 56.8 Å². The molecule has 17 N–H and O–H groups in total. The van der Waals surface area contributed by atoms with Crippen molar-refractivity contribution < 1.29 is 148 Å². The Morgan fingerprint density at radius 1 is 0.511 bits per heavy atom. The van der Waals surface area contributed by atoms with Gasteiger partial charge in [-0.15, -0.1) is 0 Å². The molecule has 30 nitrogen and oxygen atoms in total. The first-order valence-electron chi connectivity index (χ1n) is 33.5. The fourth-order valence-corrected chi connectivity index (χ4v) is 18.8. The minimum atomic E-state index is -1.88. The van der Waals surface area contributed by atoms with E-state index in [9.17, 15) is 86.8 Å². The van der Waals surface area contributed by atoms with E-state index in [0.29, 0.717) is 38.5 Å². The van der Waals surface area contributed by atoms with Crippen molar-refractivity contribution in [3.8, 4) is 0 Å². The largest absolute Gasteiger partial charge is 0.432 e. The van der Waals surface area contributed by atoms with E-state index in [2.05, 4.69) is 54.5 Å². The summed E-state index contributed by atoms with van der Waals surface area (Å²) in [6.07, 6.45) is -36.8. The highest BCUT2D eigenvalue weighted by Gasteiger charge is 2.70. The molecule has 36 atom stereocenters. The number of ether oxygens (including phenoxy) is 12. The fraction of sp³-hybridized carbons (Fsp3) is 0.953. The summed E-state index contributed by atoms with van der Waals surface area (Å²) in [7, 11) is 0. The number of rotatable bonds is 15. The van der Waals surface area contributed by atoms with Crippen molar-refractivity contribution in [2.24, 2.45) is 50.2 Å². The van der Waals surface area contributed by atoms with Gasteiger partial charge in [0.15, 0.2) is 31.5 Å². The van der Waals surface area contributed by atoms with Gasteiger partial charge in [0, 0.05) is 0 Å². The normalized spacial score (nSPS) is 54.2. The second-order valence-electron chi connectivity index (χ2n) is 31.0. The van der Waals surface area contributed by atoms with Crippen molar-refractivity contribution in [2.45, 2.75) is 298 Å². The maximum atomic E-state index is 15.2. The van der Waals surface area contributed by atoms with Crippen LogP contribution in [0.2, 0.25) is 0 Å². The molecule has 5 aliphatic carbocycles. The van der Waals surface area contributed by atoms with Crippen LogP contribution in [-0.2, 0) is 61.6 Å². The molecule has 0 spiro atoms. The third kappa shape index (κ3) is 12.6. The molecule has 0 amide bonds. The molecule has 10 fully saturated rings. The van der Waals surface area contributed by atoms with Gasteiger partial charge in [-0.2, -0.15) is 0 Å². The van der Waals surface area contributed by atoms with Crippen LogP contribution in [0.1, 0.15) is 120 Å². The Kier molecular flexibility index (Phi) is 21.4. The van der Waals surface area contributed by atoms with Crippen molar-refractivity contribution in [3.05, 3.63) is 11.6 Å². The number of esters is 1. The Morgan fingerprint density at radius 3 is 1.78 bits per heavy atom. The van der Waals surface area contributed by atoms with Crippen molar-refractivity contribution in [1.82, 2.24) is 0 Å². The summed E-state index contributed by atoms with van der Waals surface area (Å²) in [6, 6.07) is 0. The topological polar surface area (TPSA) is 472 Å². The first kappa shape index (κ1) is 73.3. The molecule has 94 heavy (non-hydrogen) atoms. The number of aliphatic hydroxyl groups excluding tert-OH is 17. The second kappa shape index (κ2) is 27.5. The maximum absolute atomic E-state index is 15.2. The first-order valence-corrected chi connectivity index (χ1v) is 33.5. The number of allylic oxidation sites excluding steroid dienone is 2. The van der Waals surface area contributed by atoms with Crippen LogP contribution in [0.3, 0.4) is 0 Å². The van der Waals surface area contributed by atoms with Gasteiger partial charge in [-0.05, 0) is 116 Å². The molecular formula is C64H104O30. The summed E-state index contributed by atoms with van der Waals surface area (Å²) in [4.78, 5) is 15.2. The minimum Gasteiger partial charge on any atom is -0.432 e. The maximum Gasteiger partial charge on any atom is 0.315 e. The van der Waals surface area contributed by atoms with E-state index in [1.54, 1.807) is 0 Å². The van der Waals surface area contributed by atoms with Gasteiger partial charge in [0.25, 0.3) is 0 Å². The molecule has 11 rings (SSSR count). The lowest BCUT2D eigenvalue weighted by Gasteiger charge is -2.71. The Balaban J connectivity index is 0.734. The van der Waals surface area contributed by atoms with Crippen molar-refractivity contribution in [3.63, 3.8) is 0 Å². The average Bonchev–Trinajstić information content (AvgIpc) is 0.676. The SMILES string of the molecule is C[C@@H]1O[C@@H](O[C@H]2[C@H](O)[C@@H](O)[C@H](O[C@H]3CC[C@]4(C)[C@H]5CC=C6[C@H]7CC(C)(C)CC[C@]7(C(=O)O[C@@H]7O[C@H](CO[C@@H]8O[C@H](CO)[C@@H](O)[C@H](O)[C@H]8O)[C@@H](O)[C@H](O)[C@H]7O)CC[C@@]6(C)[C@]5(C)CC[C@H]4C3(C)C)O[C@@H]2CO)[C@H](O)[C@H](O[C@@H]2OC[C@@H](O[C@@H]3OC[C@@H](O)[C@H](O)[C@H]3O)[C@H](O)[C@H]2O)[C@H]1O. The monoisotopic (exact) mass is 1350 g/mol. The summed E-state index contributed by atoms with van der Waals surface area (Å²) in [6.45, 7) is 14.4. The molecule has 0 aromatic rings. The van der Waals surface area contributed by atoms with Crippen LogP contribution in [0.4, 0.5) is 0 Å². The fourth-order valence-electron chi connectivity index (χ4n) is 18.8. The second-order valence-corrected chi connectivity index (χ2v) is 31.0. The van der Waals surface area contributed by atoms with Crippen LogP contribution in [-0.4, -0.2) is 304 Å². The minimum absolute atomic E-state index is 0.0888. The molecule has 6 saturated heterocycles. The van der Waals surface area contributed by atoms with E-state index < -0.39 is 221 Å². The van der Waals surface area contributed by atoms with Crippen LogP contribution in [0.5, 0.6) is 0 Å². The predicted molar refractivity (Wildman–Crippen MR) is 315 cm³/mol. The highest BCUT2D eigenvalue weighted by Crippen LogP contribution is 2.76. The quantitative estimate of drug-likeness (QED) is 0.0421.